The minimum atomic E-state index is -0.720. The highest BCUT2D eigenvalue weighted by atomic mass is 32.1. The van der Waals surface area contributed by atoms with Crippen molar-refractivity contribution in [2.24, 2.45) is 0 Å². The van der Waals surface area contributed by atoms with E-state index >= 15 is 0 Å². The molecular weight excluding hydrogens is 334 g/mol. The largest absolute Gasteiger partial charge is 0.416 e. The molecule has 0 saturated carbocycles. The number of nitriles is 1. The fourth-order valence-corrected chi connectivity index (χ4v) is 2.30. The van der Waals surface area contributed by atoms with Crippen molar-refractivity contribution in [1.82, 2.24) is 4.90 Å². The molecule has 1 atom stereocenters. The van der Waals surface area contributed by atoms with Crippen molar-refractivity contribution in [3.8, 4) is 11.8 Å². The molecule has 0 radical (unpaired) electrons. The summed E-state index contributed by atoms with van der Waals surface area (Å²) in [7, 11) is 1.54. The van der Waals surface area contributed by atoms with Crippen LogP contribution in [0.5, 0.6) is 5.75 Å². The molecule has 2 aromatic carbocycles. The summed E-state index contributed by atoms with van der Waals surface area (Å²) in [4.78, 5) is 14.4. The Hall–Kier alpha value is -2.91. The molecule has 6 heteroatoms. The predicted molar refractivity (Wildman–Crippen MR) is 102 cm³/mol. The number of ether oxygens (including phenoxy) is 1. The minimum Gasteiger partial charge on any atom is -0.410 e. The van der Waals surface area contributed by atoms with Crippen LogP contribution in [0.1, 0.15) is 24.9 Å². The minimum absolute atomic E-state index is 0.380. The molecule has 0 heterocycles. The second-order valence-corrected chi connectivity index (χ2v) is 5.84. The number of benzene rings is 2. The first-order valence-electron chi connectivity index (χ1n) is 7.84. The van der Waals surface area contributed by atoms with Gasteiger partial charge in [-0.15, -0.1) is 0 Å². The lowest BCUT2D eigenvalue weighted by atomic mass is 10.1. The molecule has 0 bridgehead atoms. The molecule has 0 fully saturated rings. The number of thiocarbonyl (C=S) groups is 1. The van der Waals surface area contributed by atoms with Gasteiger partial charge in [-0.05, 0) is 24.1 Å². The van der Waals surface area contributed by atoms with Gasteiger partial charge in [-0.1, -0.05) is 55.5 Å². The molecule has 2 rings (SSSR count). The van der Waals surface area contributed by atoms with Gasteiger partial charge < -0.3 is 10.1 Å². The van der Waals surface area contributed by atoms with Gasteiger partial charge in [-0.3, -0.25) is 4.90 Å². The van der Waals surface area contributed by atoms with Crippen molar-refractivity contribution < 1.29 is 9.53 Å². The fraction of sp³-hybridized carbons (Fsp3) is 0.211. The van der Waals surface area contributed by atoms with Crippen LogP contribution in [0.2, 0.25) is 0 Å². The van der Waals surface area contributed by atoms with Crippen LogP contribution in [0, 0.1) is 11.3 Å². The lowest BCUT2D eigenvalue weighted by Crippen LogP contribution is -2.33. The molecule has 1 N–H and O–H groups in total. The Bertz CT molecular complexity index is 787. The Kier molecular flexibility index (Phi) is 6.49. The van der Waals surface area contributed by atoms with E-state index in [-0.39, 0.29) is 0 Å². The molecule has 0 aliphatic carbocycles. The van der Waals surface area contributed by atoms with Gasteiger partial charge in [0.25, 0.3) is 0 Å². The smallest absolute Gasteiger partial charge is 0.410 e. The number of carbonyl (C=O) groups excluding carboxylic acids is 1. The van der Waals surface area contributed by atoms with Gasteiger partial charge in [0, 0.05) is 18.8 Å². The first-order chi connectivity index (χ1) is 12.0. The number of hydrogen-bond acceptors (Lipinski definition) is 4. The van der Waals surface area contributed by atoms with E-state index in [1.54, 1.807) is 30.3 Å². The van der Waals surface area contributed by atoms with E-state index in [4.69, 9.17) is 17.0 Å². The summed E-state index contributed by atoms with van der Waals surface area (Å²) in [5, 5.41) is 12.5. The molecule has 25 heavy (non-hydrogen) atoms. The van der Waals surface area contributed by atoms with E-state index in [0.29, 0.717) is 10.7 Å². The standard InChI is InChI=1S/C19H19N3O2S/c1-3-18(25)21-15-10-7-11-16(12-15)24-19(23)22(2)17(13-20)14-8-5-4-6-9-14/h4-12,17H,3H2,1-2H3,(H,21,25). The summed E-state index contributed by atoms with van der Waals surface area (Å²) in [6, 6.07) is 17.5. The number of anilines is 1. The fourth-order valence-electron chi connectivity index (χ4n) is 2.19. The quantitative estimate of drug-likeness (QED) is 0.800. The SMILES string of the molecule is CCC(=S)Nc1cccc(OC(=O)N(C)C(C#N)c2ccccc2)c1. The zero-order valence-electron chi connectivity index (χ0n) is 14.1. The maximum Gasteiger partial charge on any atom is 0.416 e. The van der Waals surface area contributed by atoms with Crippen LogP contribution in [-0.2, 0) is 0 Å². The van der Waals surface area contributed by atoms with E-state index < -0.39 is 12.1 Å². The van der Waals surface area contributed by atoms with E-state index in [0.717, 1.165) is 17.7 Å². The maximum absolute atomic E-state index is 12.4. The highest BCUT2D eigenvalue weighted by Gasteiger charge is 2.23. The molecule has 5 nitrogen and oxygen atoms in total. The molecule has 128 valence electrons. The average Bonchev–Trinajstić information content (AvgIpc) is 2.63. The summed E-state index contributed by atoms with van der Waals surface area (Å²) in [5.74, 6) is 0.380. The summed E-state index contributed by atoms with van der Waals surface area (Å²) in [6.45, 7) is 1.96. The first kappa shape index (κ1) is 18.4. The van der Waals surface area contributed by atoms with E-state index in [1.807, 2.05) is 31.2 Å². The zero-order valence-corrected chi connectivity index (χ0v) is 14.9. The first-order valence-corrected chi connectivity index (χ1v) is 8.25. The monoisotopic (exact) mass is 353 g/mol. The number of amides is 1. The van der Waals surface area contributed by atoms with Crippen LogP contribution in [0.3, 0.4) is 0 Å². The highest BCUT2D eigenvalue weighted by molar-refractivity contribution is 7.80. The molecule has 0 saturated heterocycles. The van der Waals surface area contributed by atoms with Crippen molar-refractivity contribution in [2.45, 2.75) is 19.4 Å². The van der Waals surface area contributed by atoms with E-state index in [9.17, 15) is 10.1 Å². The average molecular weight is 353 g/mol. The number of hydrogen-bond donors (Lipinski definition) is 1. The van der Waals surface area contributed by atoms with Crippen molar-refractivity contribution >= 4 is 29.0 Å². The number of rotatable bonds is 5. The molecule has 2 aromatic rings. The predicted octanol–water partition coefficient (Wildman–Crippen LogP) is 4.53. The Labute approximate surface area is 152 Å². The molecule has 1 unspecified atom stereocenters. The van der Waals surface area contributed by atoms with Crippen LogP contribution >= 0.6 is 12.2 Å². The molecule has 0 aliphatic heterocycles. The molecular formula is C19H19N3O2S. The second-order valence-electron chi connectivity index (χ2n) is 5.35. The number of carbonyl (C=O) groups is 1. The van der Waals surface area contributed by atoms with Crippen LogP contribution in [-0.4, -0.2) is 23.0 Å². The molecule has 0 spiro atoms. The van der Waals surface area contributed by atoms with Gasteiger partial charge in [-0.25, -0.2) is 4.79 Å². The third-order valence-electron chi connectivity index (χ3n) is 3.56. The van der Waals surface area contributed by atoms with Gasteiger partial charge in [0.2, 0.25) is 0 Å². The zero-order chi connectivity index (χ0) is 18.2. The number of nitrogens with one attached hydrogen (secondary N) is 1. The molecule has 1 amide bonds. The van der Waals surface area contributed by atoms with E-state index in [1.165, 1.54) is 11.9 Å². The highest BCUT2D eigenvalue weighted by Crippen LogP contribution is 2.22. The van der Waals surface area contributed by atoms with Gasteiger partial charge in [0.1, 0.15) is 11.8 Å². The summed E-state index contributed by atoms with van der Waals surface area (Å²) < 4.78 is 5.39. The molecule has 0 aliphatic rings. The summed E-state index contributed by atoms with van der Waals surface area (Å²) in [6.07, 6.45) is 0.119. The second kappa shape index (κ2) is 8.81. The van der Waals surface area contributed by atoms with E-state index in [2.05, 4.69) is 11.4 Å². The molecule has 0 aromatic heterocycles. The summed E-state index contributed by atoms with van der Waals surface area (Å²) in [5.41, 5.74) is 1.48. The van der Waals surface area contributed by atoms with Gasteiger partial charge >= 0.3 is 6.09 Å². The lowest BCUT2D eigenvalue weighted by molar-refractivity contribution is 0.155. The summed E-state index contributed by atoms with van der Waals surface area (Å²) >= 11 is 5.15. The Morgan fingerprint density at radius 2 is 2.00 bits per heavy atom. The third kappa shape index (κ3) is 5.03. The van der Waals surface area contributed by atoms with Gasteiger partial charge in [-0.2, -0.15) is 5.26 Å². The topological polar surface area (TPSA) is 65.4 Å². The van der Waals surface area contributed by atoms with Crippen LogP contribution < -0.4 is 10.1 Å². The Balaban J connectivity index is 2.09. The third-order valence-corrected chi connectivity index (χ3v) is 3.95. The maximum atomic E-state index is 12.4. The van der Waals surface area contributed by atoms with Gasteiger partial charge in [0.15, 0.2) is 0 Å². The Morgan fingerprint density at radius 3 is 2.64 bits per heavy atom. The van der Waals surface area contributed by atoms with Crippen LogP contribution in [0.15, 0.2) is 54.6 Å². The van der Waals surface area contributed by atoms with Crippen molar-refractivity contribution in [3.05, 3.63) is 60.2 Å². The normalized spacial score (nSPS) is 11.1. The van der Waals surface area contributed by atoms with Crippen molar-refractivity contribution in [1.29, 1.82) is 5.26 Å². The van der Waals surface area contributed by atoms with Crippen molar-refractivity contribution in [2.75, 3.05) is 12.4 Å². The van der Waals surface area contributed by atoms with Crippen LogP contribution in [0.25, 0.3) is 0 Å². The Morgan fingerprint density at radius 1 is 1.28 bits per heavy atom. The number of nitrogens with zero attached hydrogens (tertiary/aromatic N) is 2. The van der Waals surface area contributed by atoms with Crippen LogP contribution in [0.4, 0.5) is 10.5 Å². The lowest BCUT2D eigenvalue weighted by Gasteiger charge is -2.22. The van der Waals surface area contributed by atoms with Gasteiger partial charge in [0.05, 0.1) is 11.1 Å². The van der Waals surface area contributed by atoms with Crippen molar-refractivity contribution in [3.63, 3.8) is 0 Å².